The zero-order chi connectivity index (χ0) is 19.5. The van der Waals surface area contributed by atoms with Gasteiger partial charge >= 0.3 is 5.97 Å². The second-order valence-corrected chi connectivity index (χ2v) is 7.86. The molecule has 4 rings (SSSR count). The van der Waals surface area contributed by atoms with E-state index in [9.17, 15) is 4.79 Å². The lowest BCUT2D eigenvalue weighted by Crippen LogP contribution is -2.10. The zero-order valence-corrected chi connectivity index (χ0v) is 16.9. The molecule has 142 valence electrons. The highest BCUT2D eigenvalue weighted by Crippen LogP contribution is 2.28. The van der Waals surface area contributed by atoms with Crippen molar-refractivity contribution >= 4 is 28.6 Å². The van der Waals surface area contributed by atoms with Gasteiger partial charge in [-0.25, -0.2) is 9.78 Å². The van der Waals surface area contributed by atoms with Gasteiger partial charge in [-0.1, -0.05) is 37.3 Å². The van der Waals surface area contributed by atoms with Crippen LogP contribution in [0.2, 0.25) is 0 Å². The standard InChI is InChI=1S/C20H17N3O3S2/c1-3-13-6-8-14(9-7-13)19-21-15(11-28-19)20(24)25-12(2)17-22-23-18(26-17)16-5-4-10-27-16/h4-12H,3H2,1-2H3. The lowest BCUT2D eigenvalue weighted by molar-refractivity contribution is 0.0274. The van der Waals surface area contributed by atoms with E-state index in [0.29, 0.717) is 5.89 Å². The van der Waals surface area contributed by atoms with Gasteiger partial charge < -0.3 is 9.15 Å². The highest BCUT2D eigenvalue weighted by atomic mass is 32.1. The second-order valence-electron chi connectivity index (χ2n) is 6.06. The van der Waals surface area contributed by atoms with Crippen LogP contribution in [0.15, 0.2) is 51.6 Å². The maximum Gasteiger partial charge on any atom is 0.358 e. The number of benzene rings is 1. The van der Waals surface area contributed by atoms with E-state index in [1.54, 1.807) is 12.3 Å². The third-order valence-electron chi connectivity index (χ3n) is 4.13. The molecule has 0 spiro atoms. The Balaban J connectivity index is 1.44. The summed E-state index contributed by atoms with van der Waals surface area (Å²) in [6, 6.07) is 12.0. The Morgan fingerprint density at radius 2 is 2.00 bits per heavy atom. The minimum absolute atomic E-state index is 0.252. The topological polar surface area (TPSA) is 78.1 Å². The quantitative estimate of drug-likeness (QED) is 0.395. The molecule has 1 atom stereocenters. The van der Waals surface area contributed by atoms with E-state index in [2.05, 4.69) is 34.2 Å². The molecular formula is C20H17N3O3S2. The van der Waals surface area contributed by atoms with Crippen LogP contribution in [0, 0.1) is 0 Å². The number of ether oxygens (including phenoxy) is 1. The molecular weight excluding hydrogens is 394 g/mol. The summed E-state index contributed by atoms with van der Waals surface area (Å²) >= 11 is 2.91. The minimum atomic E-state index is -0.664. The second kappa shape index (κ2) is 8.04. The molecule has 0 radical (unpaired) electrons. The number of thiazole rings is 1. The molecule has 4 aromatic rings. The number of aryl methyl sites for hydroxylation is 1. The first-order valence-electron chi connectivity index (χ1n) is 8.77. The van der Waals surface area contributed by atoms with Crippen molar-refractivity contribution in [3.8, 4) is 21.3 Å². The van der Waals surface area contributed by atoms with Gasteiger partial charge in [0, 0.05) is 10.9 Å². The van der Waals surface area contributed by atoms with Crippen molar-refractivity contribution in [2.45, 2.75) is 26.4 Å². The van der Waals surface area contributed by atoms with Crippen LogP contribution >= 0.6 is 22.7 Å². The summed E-state index contributed by atoms with van der Waals surface area (Å²) in [6.45, 7) is 3.81. The van der Waals surface area contributed by atoms with Gasteiger partial charge in [-0.3, -0.25) is 0 Å². The van der Waals surface area contributed by atoms with Gasteiger partial charge in [0.2, 0.25) is 0 Å². The van der Waals surface area contributed by atoms with Crippen molar-refractivity contribution in [3.63, 3.8) is 0 Å². The first-order chi connectivity index (χ1) is 13.6. The number of aromatic nitrogens is 3. The van der Waals surface area contributed by atoms with Gasteiger partial charge in [0.25, 0.3) is 11.8 Å². The van der Waals surface area contributed by atoms with Gasteiger partial charge in [0.15, 0.2) is 11.8 Å². The van der Waals surface area contributed by atoms with Crippen molar-refractivity contribution in [1.82, 2.24) is 15.2 Å². The van der Waals surface area contributed by atoms with Crippen LogP contribution in [0.5, 0.6) is 0 Å². The van der Waals surface area contributed by atoms with Crippen LogP contribution in [0.25, 0.3) is 21.3 Å². The van der Waals surface area contributed by atoms with Crippen LogP contribution in [0.4, 0.5) is 0 Å². The molecule has 3 aromatic heterocycles. The monoisotopic (exact) mass is 411 g/mol. The average molecular weight is 412 g/mol. The number of nitrogens with zero attached hydrogens (tertiary/aromatic N) is 3. The van der Waals surface area contributed by atoms with Crippen LogP contribution in [-0.4, -0.2) is 21.2 Å². The first kappa shape index (κ1) is 18.5. The molecule has 1 unspecified atom stereocenters. The lowest BCUT2D eigenvalue weighted by atomic mass is 10.1. The fourth-order valence-corrected chi connectivity index (χ4v) is 3.99. The highest BCUT2D eigenvalue weighted by molar-refractivity contribution is 7.13. The molecule has 0 saturated heterocycles. The molecule has 28 heavy (non-hydrogen) atoms. The molecule has 0 amide bonds. The number of hydrogen-bond acceptors (Lipinski definition) is 8. The zero-order valence-electron chi connectivity index (χ0n) is 15.3. The number of carbonyl (C=O) groups is 1. The Labute approximate surface area is 169 Å². The molecule has 8 heteroatoms. The number of thiophene rings is 1. The fourth-order valence-electron chi connectivity index (χ4n) is 2.55. The lowest BCUT2D eigenvalue weighted by Gasteiger charge is -2.07. The van der Waals surface area contributed by atoms with E-state index in [4.69, 9.17) is 9.15 Å². The molecule has 0 bridgehead atoms. The molecule has 0 aliphatic carbocycles. The normalized spacial score (nSPS) is 12.1. The molecule has 0 N–H and O–H groups in total. The average Bonchev–Trinajstić information content (AvgIpc) is 3.49. The van der Waals surface area contributed by atoms with Gasteiger partial charge in [-0.05, 0) is 30.4 Å². The predicted molar refractivity (Wildman–Crippen MR) is 108 cm³/mol. The summed E-state index contributed by atoms with van der Waals surface area (Å²) in [5.41, 5.74) is 2.51. The summed E-state index contributed by atoms with van der Waals surface area (Å²) in [5, 5.41) is 12.4. The third-order valence-corrected chi connectivity index (χ3v) is 5.88. The summed E-state index contributed by atoms with van der Waals surface area (Å²) in [6.07, 6.45) is 0.319. The van der Waals surface area contributed by atoms with Crippen LogP contribution < -0.4 is 0 Å². The van der Waals surface area contributed by atoms with Gasteiger partial charge in [-0.2, -0.15) is 0 Å². The van der Waals surface area contributed by atoms with Crippen molar-refractivity contribution in [1.29, 1.82) is 0 Å². The van der Waals surface area contributed by atoms with Crippen LogP contribution in [-0.2, 0) is 11.2 Å². The van der Waals surface area contributed by atoms with E-state index in [1.165, 1.54) is 28.2 Å². The summed E-state index contributed by atoms with van der Waals surface area (Å²) < 4.78 is 11.1. The van der Waals surface area contributed by atoms with E-state index >= 15 is 0 Å². The molecule has 0 saturated carbocycles. The Bertz CT molecular complexity index is 1070. The van der Waals surface area contributed by atoms with Gasteiger partial charge in [0.05, 0.1) is 4.88 Å². The molecule has 0 fully saturated rings. The summed E-state index contributed by atoms with van der Waals surface area (Å²) in [4.78, 5) is 17.7. The van der Waals surface area contributed by atoms with E-state index in [-0.39, 0.29) is 11.6 Å². The molecule has 1 aromatic carbocycles. The number of rotatable bonds is 6. The predicted octanol–water partition coefficient (Wildman–Crippen LogP) is 5.40. The number of hydrogen-bond donors (Lipinski definition) is 0. The van der Waals surface area contributed by atoms with Crippen molar-refractivity contribution in [2.75, 3.05) is 0 Å². The SMILES string of the molecule is CCc1ccc(-c2nc(C(=O)OC(C)c3nnc(-c4cccs4)o3)cs2)cc1. The van der Waals surface area contributed by atoms with E-state index in [0.717, 1.165) is 21.9 Å². The first-order valence-corrected chi connectivity index (χ1v) is 10.5. The van der Waals surface area contributed by atoms with Crippen LogP contribution in [0.3, 0.4) is 0 Å². The number of esters is 1. The van der Waals surface area contributed by atoms with Gasteiger partial charge in [-0.15, -0.1) is 32.9 Å². The largest absolute Gasteiger partial charge is 0.448 e. The Hall–Kier alpha value is -2.84. The Morgan fingerprint density at radius 3 is 2.71 bits per heavy atom. The van der Waals surface area contributed by atoms with E-state index < -0.39 is 12.1 Å². The third kappa shape index (κ3) is 3.88. The highest BCUT2D eigenvalue weighted by Gasteiger charge is 2.22. The van der Waals surface area contributed by atoms with Crippen LogP contribution in [0.1, 0.15) is 41.9 Å². The molecule has 3 heterocycles. The van der Waals surface area contributed by atoms with Crippen molar-refractivity contribution in [3.05, 3.63) is 64.3 Å². The fraction of sp³-hybridized carbons (Fsp3) is 0.200. The number of carbonyl (C=O) groups excluding carboxylic acids is 1. The Morgan fingerprint density at radius 1 is 1.18 bits per heavy atom. The van der Waals surface area contributed by atoms with Crippen molar-refractivity contribution in [2.24, 2.45) is 0 Å². The summed E-state index contributed by atoms with van der Waals surface area (Å²) in [7, 11) is 0. The maximum atomic E-state index is 12.4. The molecule has 6 nitrogen and oxygen atoms in total. The Kier molecular flexibility index (Phi) is 5.31. The van der Waals surface area contributed by atoms with E-state index in [1.807, 2.05) is 29.6 Å². The molecule has 0 aliphatic heterocycles. The molecule has 0 aliphatic rings. The van der Waals surface area contributed by atoms with Gasteiger partial charge in [0.1, 0.15) is 5.01 Å². The minimum Gasteiger partial charge on any atom is -0.448 e. The summed E-state index contributed by atoms with van der Waals surface area (Å²) in [5.74, 6) is 0.151. The van der Waals surface area contributed by atoms with Crippen molar-refractivity contribution < 1.29 is 13.9 Å². The smallest absolute Gasteiger partial charge is 0.358 e. The maximum absolute atomic E-state index is 12.4.